The fourth-order valence-corrected chi connectivity index (χ4v) is 1.02. The Balaban J connectivity index is 2.54. The summed E-state index contributed by atoms with van der Waals surface area (Å²) in [4.78, 5) is 0. The number of terminal acetylenes is 1. The Morgan fingerprint density at radius 1 is 2.00 bits per heavy atom. The molecule has 0 aromatic carbocycles. The van der Waals surface area contributed by atoms with Crippen molar-refractivity contribution in [2.45, 2.75) is 0 Å². The van der Waals surface area contributed by atoms with Gasteiger partial charge in [-0.15, -0.1) is 17.8 Å². The van der Waals surface area contributed by atoms with Crippen LogP contribution in [0.3, 0.4) is 0 Å². The Bertz CT molecular complexity index is 55.1. The summed E-state index contributed by atoms with van der Waals surface area (Å²) in [5, 5.41) is 0. The van der Waals surface area contributed by atoms with Crippen LogP contribution in [0.2, 0.25) is 0 Å². The van der Waals surface area contributed by atoms with Crippen molar-refractivity contribution >= 4 is 19.2 Å². The molecule has 0 N–H and O–H groups in total. The first kappa shape index (κ1) is 6.34. The molecule has 0 saturated heterocycles. The van der Waals surface area contributed by atoms with Crippen molar-refractivity contribution in [2.75, 3.05) is 12.4 Å². The average molecular weight is 118 g/mol. The van der Waals surface area contributed by atoms with E-state index in [4.69, 9.17) is 6.42 Å². The molecule has 1 atom stereocenters. The lowest BCUT2D eigenvalue weighted by Crippen LogP contribution is -1.56. The molecule has 0 saturated carbocycles. The molecule has 0 aliphatic heterocycles. The van der Waals surface area contributed by atoms with E-state index in [0.29, 0.717) is 0 Å². The molecule has 0 heterocycles. The molecule has 0 fully saturated rings. The van der Waals surface area contributed by atoms with Gasteiger partial charge in [0.25, 0.3) is 0 Å². The molecule has 34 valence electrons. The molecule has 0 rings (SSSR count). The summed E-state index contributed by atoms with van der Waals surface area (Å²) in [6, 6.07) is 0. The predicted octanol–water partition coefficient (Wildman–Crippen LogP) is 1.58. The first-order valence-corrected chi connectivity index (χ1v) is 4.85. The van der Waals surface area contributed by atoms with Crippen LogP contribution in [0.4, 0.5) is 0 Å². The van der Waals surface area contributed by atoms with Gasteiger partial charge in [0, 0.05) is 0 Å². The molecule has 2 heteroatoms. The minimum Gasteiger partial charge on any atom is -0.125 e. The number of hydrogen-bond acceptors (Lipinski definition) is 1. The van der Waals surface area contributed by atoms with Crippen molar-refractivity contribution in [3.05, 3.63) is 0 Å². The van der Waals surface area contributed by atoms with Crippen LogP contribution in [-0.2, 0) is 0 Å². The highest BCUT2D eigenvalue weighted by Gasteiger charge is 1.70. The molecule has 0 aliphatic rings. The zero-order chi connectivity index (χ0) is 4.83. The summed E-state index contributed by atoms with van der Waals surface area (Å²) >= 11 is 1.80. The van der Waals surface area contributed by atoms with Gasteiger partial charge in [-0.1, -0.05) is 13.7 Å². The molecule has 1 unspecified atom stereocenters. The molecule has 6 heavy (non-hydrogen) atoms. The van der Waals surface area contributed by atoms with Crippen LogP contribution >= 0.6 is 19.2 Å². The fraction of sp³-hybridized carbons (Fsp3) is 0.500. The number of rotatable bonds is 2. The van der Waals surface area contributed by atoms with Crippen LogP contribution in [0.25, 0.3) is 0 Å². The van der Waals surface area contributed by atoms with E-state index in [0.717, 1.165) is 13.5 Å². The second kappa shape index (κ2) is 5.34. The lowest BCUT2D eigenvalue weighted by Gasteiger charge is -1.81. The van der Waals surface area contributed by atoms with Gasteiger partial charge in [-0.3, -0.25) is 0 Å². The van der Waals surface area contributed by atoms with Crippen LogP contribution < -0.4 is 0 Å². The van der Waals surface area contributed by atoms with E-state index >= 15 is 0 Å². The van der Waals surface area contributed by atoms with Gasteiger partial charge in [0.2, 0.25) is 0 Å². The third-order valence-corrected chi connectivity index (χ3v) is 2.20. The molecule has 0 bridgehead atoms. The lowest BCUT2D eigenvalue weighted by molar-refractivity contribution is 1.99. The standard InChI is InChI=1S/C4H7PS/c1-3-4-6-5-2/h1,5H,4H2,2H3. The Hall–Kier alpha value is 0.340. The van der Waals surface area contributed by atoms with Crippen molar-refractivity contribution < 1.29 is 0 Å². The second-order valence-electron chi connectivity index (χ2n) is 0.697. The molecular formula is C4H7PS. The summed E-state index contributed by atoms with van der Waals surface area (Å²) in [7, 11) is 0.939. The summed E-state index contributed by atoms with van der Waals surface area (Å²) < 4.78 is 0. The summed E-state index contributed by atoms with van der Waals surface area (Å²) in [6.07, 6.45) is 4.95. The highest BCUT2D eigenvalue weighted by atomic mass is 32.7. The summed E-state index contributed by atoms with van der Waals surface area (Å²) in [5.41, 5.74) is 0. The molecular weight excluding hydrogens is 111 g/mol. The van der Waals surface area contributed by atoms with Crippen LogP contribution in [0, 0.1) is 12.3 Å². The van der Waals surface area contributed by atoms with Gasteiger partial charge in [-0.2, -0.15) is 0 Å². The maximum Gasteiger partial charge on any atom is 0.0583 e. The highest BCUT2D eigenvalue weighted by Crippen LogP contribution is 2.22. The Morgan fingerprint density at radius 2 is 2.67 bits per heavy atom. The molecule has 0 radical (unpaired) electrons. The Kier molecular flexibility index (Phi) is 5.64. The van der Waals surface area contributed by atoms with Crippen LogP contribution in [0.5, 0.6) is 0 Å². The molecule has 0 spiro atoms. The maximum atomic E-state index is 4.95. The lowest BCUT2D eigenvalue weighted by atomic mass is 10.8. The zero-order valence-corrected chi connectivity index (χ0v) is 5.51. The minimum absolute atomic E-state index is 0.870. The maximum absolute atomic E-state index is 4.95. The van der Waals surface area contributed by atoms with Gasteiger partial charge in [-0.05, 0) is 6.66 Å². The minimum atomic E-state index is 0.870. The van der Waals surface area contributed by atoms with Gasteiger partial charge in [0.05, 0.1) is 5.75 Å². The topological polar surface area (TPSA) is 0 Å². The Labute approximate surface area is 44.6 Å². The van der Waals surface area contributed by atoms with E-state index in [1.807, 2.05) is 0 Å². The smallest absolute Gasteiger partial charge is 0.0583 e. The van der Waals surface area contributed by atoms with Crippen LogP contribution in [-0.4, -0.2) is 12.4 Å². The van der Waals surface area contributed by atoms with Gasteiger partial charge in [-0.25, -0.2) is 0 Å². The van der Waals surface area contributed by atoms with E-state index in [9.17, 15) is 0 Å². The summed E-state index contributed by atoms with van der Waals surface area (Å²) in [5.74, 6) is 3.41. The predicted molar refractivity (Wildman–Crippen MR) is 35.5 cm³/mol. The van der Waals surface area contributed by atoms with Crippen molar-refractivity contribution in [3.63, 3.8) is 0 Å². The monoisotopic (exact) mass is 118 g/mol. The fourth-order valence-electron chi connectivity index (χ4n) is 0.114. The van der Waals surface area contributed by atoms with Gasteiger partial charge < -0.3 is 0 Å². The van der Waals surface area contributed by atoms with E-state index in [1.165, 1.54) is 0 Å². The SMILES string of the molecule is C#CCSPC. The first-order chi connectivity index (χ1) is 2.91. The van der Waals surface area contributed by atoms with E-state index in [1.54, 1.807) is 11.4 Å². The number of hydrogen-bond donors (Lipinski definition) is 0. The molecule has 0 aromatic rings. The van der Waals surface area contributed by atoms with E-state index in [-0.39, 0.29) is 0 Å². The molecule has 0 nitrogen and oxygen atoms in total. The normalized spacial score (nSPS) is 9.33. The summed E-state index contributed by atoms with van der Waals surface area (Å²) in [6.45, 7) is 2.13. The van der Waals surface area contributed by atoms with Gasteiger partial charge in [0.1, 0.15) is 0 Å². The largest absolute Gasteiger partial charge is 0.125 e. The molecule has 0 amide bonds. The van der Waals surface area contributed by atoms with Crippen LogP contribution in [0.15, 0.2) is 0 Å². The van der Waals surface area contributed by atoms with Crippen molar-refractivity contribution in [1.29, 1.82) is 0 Å². The quantitative estimate of drug-likeness (QED) is 0.301. The highest BCUT2D eigenvalue weighted by molar-refractivity contribution is 8.49. The van der Waals surface area contributed by atoms with E-state index in [2.05, 4.69) is 12.6 Å². The third-order valence-electron chi connectivity index (χ3n) is 0.300. The average Bonchev–Trinajstić information content (AvgIpc) is 1.61. The van der Waals surface area contributed by atoms with Crippen molar-refractivity contribution in [2.24, 2.45) is 0 Å². The first-order valence-electron chi connectivity index (χ1n) is 1.64. The van der Waals surface area contributed by atoms with Crippen molar-refractivity contribution in [1.82, 2.24) is 0 Å². The van der Waals surface area contributed by atoms with Crippen LogP contribution in [0.1, 0.15) is 0 Å². The molecule has 0 aliphatic carbocycles. The van der Waals surface area contributed by atoms with Gasteiger partial charge >= 0.3 is 0 Å². The van der Waals surface area contributed by atoms with E-state index < -0.39 is 0 Å². The zero-order valence-electron chi connectivity index (χ0n) is 3.69. The van der Waals surface area contributed by atoms with Crippen molar-refractivity contribution in [3.8, 4) is 12.3 Å². The van der Waals surface area contributed by atoms with Gasteiger partial charge in [0.15, 0.2) is 0 Å². The second-order valence-corrected chi connectivity index (χ2v) is 3.77. The Morgan fingerprint density at radius 3 is 2.83 bits per heavy atom. The molecule has 0 aromatic heterocycles. The third kappa shape index (κ3) is 4.34.